The summed E-state index contributed by atoms with van der Waals surface area (Å²) in [6.45, 7) is 5.55. The highest BCUT2D eigenvalue weighted by Crippen LogP contribution is 2.39. The first-order valence-corrected chi connectivity index (χ1v) is 11.4. The first-order chi connectivity index (χ1) is 12.9. The van der Waals surface area contributed by atoms with Crippen LogP contribution in [0.3, 0.4) is 0 Å². The quantitative estimate of drug-likeness (QED) is 0.793. The van der Waals surface area contributed by atoms with Crippen LogP contribution in [0.15, 0.2) is 29.2 Å². The summed E-state index contributed by atoms with van der Waals surface area (Å²) in [7, 11) is -3.61. The number of fused-ring (bicyclic) bond motifs is 2. The van der Waals surface area contributed by atoms with Crippen molar-refractivity contribution in [2.45, 2.75) is 56.6 Å². The van der Waals surface area contributed by atoms with E-state index in [1.165, 1.54) is 0 Å². The molecule has 1 aromatic carbocycles. The van der Waals surface area contributed by atoms with Crippen molar-refractivity contribution in [2.75, 3.05) is 19.6 Å². The Kier molecular flexibility index (Phi) is 4.93. The summed E-state index contributed by atoms with van der Waals surface area (Å²) in [4.78, 5) is 14.6. The molecule has 2 atom stereocenters. The highest BCUT2D eigenvalue weighted by Gasteiger charge is 2.45. The van der Waals surface area contributed by atoms with Crippen LogP contribution in [0.1, 0.15) is 39.5 Å². The summed E-state index contributed by atoms with van der Waals surface area (Å²) >= 11 is 0. The van der Waals surface area contributed by atoms with Crippen molar-refractivity contribution in [3.05, 3.63) is 24.3 Å². The molecule has 4 rings (SSSR count). The van der Waals surface area contributed by atoms with Crippen molar-refractivity contribution >= 4 is 15.9 Å². The summed E-state index contributed by atoms with van der Waals surface area (Å²) in [5, 5.41) is 0. The molecule has 2 fully saturated rings. The molecule has 0 unspecified atom stereocenters. The van der Waals surface area contributed by atoms with E-state index < -0.39 is 10.0 Å². The summed E-state index contributed by atoms with van der Waals surface area (Å²) in [5.41, 5.74) is 0. The fourth-order valence-corrected chi connectivity index (χ4v) is 6.01. The van der Waals surface area contributed by atoms with E-state index in [-0.39, 0.29) is 28.9 Å². The van der Waals surface area contributed by atoms with Gasteiger partial charge in [-0.15, -0.1) is 0 Å². The molecule has 1 aliphatic carbocycles. The maximum atomic E-state index is 13.4. The number of carbonyl (C=O) groups excluding carboxylic acids is 1. The zero-order valence-electron chi connectivity index (χ0n) is 16.0. The summed E-state index contributed by atoms with van der Waals surface area (Å²) in [6.07, 6.45) is 3.21. The van der Waals surface area contributed by atoms with Crippen LogP contribution in [0.4, 0.5) is 0 Å². The van der Waals surface area contributed by atoms with Crippen LogP contribution < -0.4 is 4.74 Å². The molecule has 1 aromatic rings. The predicted octanol–water partition coefficient (Wildman–Crippen LogP) is 2.50. The standard InChI is InChI=1S/C20H28N2O4S/c1-14(2)20(23)21-11-9-16-17(10-12-21)26-18-5-3-4-6-19(18)27(24,25)22(16)13-15-7-8-15/h3-6,14-17H,7-13H2,1-2H3/t16-,17-/m0/s1. The number of hydrogen-bond donors (Lipinski definition) is 0. The minimum absolute atomic E-state index is 0.0548. The monoisotopic (exact) mass is 392 g/mol. The van der Waals surface area contributed by atoms with E-state index in [2.05, 4.69) is 0 Å². The Morgan fingerprint density at radius 1 is 1.15 bits per heavy atom. The molecule has 27 heavy (non-hydrogen) atoms. The van der Waals surface area contributed by atoms with E-state index in [9.17, 15) is 13.2 Å². The number of sulfonamides is 1. The molecule has 0 N–H and O–H groups in total. The van der Waals surface area contributed by atoms with Crippen molar-refractivity contribution in [1.82, 2.24) is 9.21 Å². The van der Waals surface area contributed by atoms with Gasteiger partial charge in [-0.25, -0.2) is 8.42 Å². The number of amides is 1. The third-order valence-electron chi connectivity index (χ3n) is 5.83. The number of ether oxygens (including phenoxy) is 1. The van der Waals surface area contributed by atoms with Gasteiger partial charge in [0.2, 0.25) is 15.9 Å². The number of likely N-dealkylation sites (tertiary alicyclic amines) is 1. The Morgan fingerprint density at radius 3 is 2.56 bits per heavy atom. The zero-order valence-corrected chi connectivity index (χ0v) is 16.8. The molecular weight excluding hydrogens is 364 g/mol. The lowest BCUT2D eigenvalue weighted by atomic mass is 10.1. The van der Waals surface area contributed by atoms with Crippen molar-refractivity contribution in [3.63, 3.8) is 0 Å². The van der Waals surface area contributed by atoms with Crippen LogP contribution in [-0.2, 0) is 14.8 Å². The second-order valence-corrected chi connectivity index (χ2v) is 10.1. The third kappa shape index (κ3) is 3.59. The minimum atomic E-state index is -3.61. The van der Waals surface area contributed by atoms with Crippen molar-refractivity contribution in [3.8, 4) is 5.75 Å². The average molecular weight is 393 g/mol. The molecule has 0 spiro atoms. The Labute approximate surface area is 161 Å². The molecule has 0 bridgehead atoms. The lowest BCUT2D eigenvalue weighted by molar-refractivity contribution is -0.134. The van der Waals surface area contributed by atoms with Gasteiger partial charge in [0, 0.05) is 32.0 Å². The number of rotatable bonds is 3. The van der Waals surface area contributed by atoms with Gasteiger partial charge in [-0.2, -0.15) is 4.31 Å². The van der Waals surface area contributed by atoms with Gasteiger partial charge in [-0.05, 0) is 37.3 Å². The Bertz CT molecular complexity index is 819. The second-order valence-electron chi connectivity index (χ2n) is 8.25. The van der Waals surface area contributed by atoms with Crippen molar-refractivity contribution in [1.29, 1.82) is 0 Å². The number of para-hydroxylation sites is 1. The molecular formula is C20H28N2O4S. The third-order valence-corrected chi connectivity index (χ3v) is 7.76. The number of hydrogen-bond acceptors (Lipinski definition) is 4. The first-order valence-electron chi connectivity index (χ1n) is 9.94. The van der Waals surface area contributed by atoms with Crippen LogP contribution in [-0.4, -0.2) is 55.3 Å². The Hall–Kier alpha value is -1.60. The van der Waals surface area contributed by atoms with Gasteiger partial charge in [0.25, 0.3) is 0 Å². The molecule has 7 heteroatoms. The van der Waals surface area contributed by atoms with Crippen molar-refractivity contribution < 1.29 is 17.9 Å². The lowest BCUT2D eigenvalue weighted by Crippen LogP contribution is -2.48. The van der Waals surface area contributed by atoms with E-state index in [1.807, 2.05) is 24.8 Å². The minimum Gasteiger partial charge on any atom is -0.487 e. The topological polar surface area (TPSA) is 66.9 Å². The Balaban J connectivity index is 1.69. The van der Waals surface area contributed by atoms with Gasteiger partial charge in [-0.3, -0.25) is 4.79 Å². The average Bonchev–Trinajstić information content (AvgIpc) is 3.46. The molecule has 0 radical (unpaired) electrons. The molecule has 2 heterocycles. The molecule has 1 saturated carbocycles. The lowest BCUT2D eigenvalue weighted by Gasteiger charge is -2.31. The van der Waals surface area contributed by atoms with E-state index >= 15 is 0 Å². The predicted molar refractivity (Wildman–Crippen MR) is 102 cm³/mol. The molecule has 148 valence electrons. The van der Waals surface area contributed by atoms with Crippen LogP contribution in [0, 0.1) is 11.8 Å². The van der Waals surface area contributed by atoms with Gasteiger partial charge in [-0.1, -0.05) is 26.0 Å². The number of carbonyl (C=O) groups is 1. The van der Waals surface area contributed by atoms with Crippen LogP contribution in [0.5, 0.6) is 5.75 Å². The molecule has 0 aromatic heterocycles. The largest absolute Gasteiger partial charge is 0.487 e. The van der Waals surface area contributed by atoms with Gasteiger partial charge in [0.1, 0.15) is 16.7 Å². The fraction of sp³-hybridized carbons (Fsp3) is 0.650. The second kappa shape index (κ2) is 7.09. The van der Waals surface area contributed by atoms with Crippen LogP contribution in [0.2, 0.25) is 0 Å². The summed E-state index contributed by atoms with van der Waals surface area (Å²) < 4.78 is 34.8. The smallest absolute Gasteiger partial charge is 0.247 e. The summed E-state index contributed by atoms with van der Waals surface area (Å²) in [6, 6.07) is 6.72. The maximum absolute atomic E-state index is 13.4. The van der Waals surface area contributed by atoms with E-state index in [1.54, 1.807) is 22.5 Å². The SMILES string of the molecule is CC(C)C(=O)N1CC[C@@H]2Oc3ccccc3S(=O)(=O)N(CC3CC3)[C@H]2CC1. The highest BCUT2D eigenvalue weighted by molar-refractivity contribution is 7.89. The molecule has 6 nitrogen and oxygen atoms in total. The van der Waals surface area contributed by atoms with Gasteiger partial charge < -0.3 is 9.64 Å². The highest BCUT2D eigenvalue weighted by atomic mass is 32.2. The fourth-order valence-electron chi connectivity index (χ4n) is 4.13. The van der Waals surface area contributed by atoms with Gasteiger partial charge >= 0.3 is 0 Å². The maximum Gasteiger partial charge on any atom is 0.247 e. The molecule has 1 amide bonds. The number of benzene rings is 1. The van der Waals surface area contributed by atoms with E-state index in [0.717, 1.165) is 12.8 Å². The van der Waals surface area contributed by atoms with Gasteiger partial charge in [0.05, 0.1) is 6.04 Å². The molecule has 3 aliphatic rings. The normalized spacial score (nSPS) is 27.9. The zero-order chi connectivity index (χ0) is 19.2. The van der Waals surface area contributed by atoms with Crippen LogP contribution >= 0.6 is 0 Å². The number of nitrogens with zero attached hydrogens (tertiary/aromatic N) is 2. The van der Waals surface area contributed by atoms with E-state index in [0.29, 0.717) is 44.1 Å². The van der Waals surface area contributed by atoms with Crippen LogP contribution in [0.25, 0.3) is 0 Å². The first kappa shape index (κ1) is 18.7. The molecule has 1 saturated heterocycles. The van der Waals surface area contributed by atoms with Gasteiger partial charge in [0.15, 0.2) is 0 Å². The molecule has 2 aliphatic heterocycles. The van der Waals surface area contributed by atoms with E-state index in [4.69, 9.17) is 4.74 Å². The van der Waals surface area contributed by atoms with Crippen molar-refractivity contribution in [2.24, 2.45) is 11.8 Å². The Morgan fingerprint density at radius 2 is 1.85 bits per heavy atom. The summed E-state index contributed by atoms with van der Waals surface area (Å²) in [5.74, 6) is 0.959.